The van der Waals surface area contributed by atoms with E-state index in [4.69, 9.17) is 25.8 Å². The van der Waals surface area contributed by atoms with E-state index in [-0.39, 0.29) is 5.56 Å². The summed E-state index contributed by atoms with van der Waals surface area (Å²) < 4.78 is 17.0. The molecule has 9 nitrogen and oxygen atoms in total. The van der Waals surface area contributed by atoms with E-state index in [1.165, 1.54) is 6.07 Å². The van der Waals surface area contributed by atoms with Crippen molar-refractivity contribution < 1.29 is 44.8 Å². The number of aliphatic hydroxyl groups is 6. The topological polar surface area (TPSA) is 149 Å². The summed E-state index contributed by atoms with van der Waals surface area (Å²) in [7, 11) is 0. The molecule has 0 bridgehead atoms. The normalized spacial score (nSPS) is 28.0. The summed E-state index contributed by atoms with van der Waals surface area (Å²) >= 11 is 6.43. The minimum atomic E-state index is -2.06. The first-order valence-electron chi connectivity index (χ1n) is 11.0. The van der Waals surface area contributed by atoms with Gasteiger partial charge in [0, 0.05) is 10.6 Å². The van der Waals surface area contributed by atoms with Gasteiger partial charge in [-0.1, -0.05) is 29.8 Å². The predicted octanol–water partition coefficient (Wildman–Crippen LogP) is 0.326. The third kappa shape index (κ3) is 5.71. The van der Waals surface area contributed by atoms with Crippen LogP contribution in [0.4, 0.5) is 0 Å². The molecule has 0 radical (unpaired) electrons. The Kier molecular flexibility index (Phi) is 9.27. The molecule has 0 aliphatic carbocycles. The van der Waals surface area contributed by atoms with E-state index in [9.17, 15) is 30.6 Å². The van der Waals surface area contributed by atoms with Crippen molar-refractivity contribution in [3.05, 3.63) is 64.2 Å². The molecule has 1 fully saturated rings. The van der Waals surface area contributed by atoms with Gasteiger partial charge in [0.25, 0.3) is 0 Å². The molecular weight excluding hydrogens is 468 g/mol. The zero-order valence-electron chi connectivity index (χ0n) is 18.7. The van der Waals surface area contributed by atoms with Crippen LogP contribution in [0.15, 0.2) is 42.5 Å². The maximum absolute atomic E-state index is 10.9. The minimum absolute atomic E-state index is 0.250. The van der Waals surface area contributed by atoms with Crippen LogP contribution in [0.3, 0.4) is 0 Å². The van der Waals surface area contributed by atoms with Gasteiger partial charge >= 0.3 is 0 Å². The molecule has 1 heterocycles. The summed E-state index contributed by atoms with van der Waals surface area (Å²) in [5, 5.41) is 60.7. The lowest BCUT2D eigenvalue weighted by molar-refractivity contribution is -0.376. The number of hydrogen-bond acceptors (Lipinski definition) is 9. The SMILES string of the molecule is CCOc1ccc(Cc2cc(C3(OCC(O)CO)O[C@H](CO)[C@@H](O)[C@H](O)[C@H]3O)ccc2Cl)cc1. The van der Waals surface area contributed by atoms with Crippen LogP contribution in [0.25, 0.3) is 0 Å². The number of ether oxygens (including phenoxy) is 3. The van der Waals surface area contributed by atoms with E-state index >= 15 is 0 Å². The van der Waals surface area contributed by atoms with E-state index in [1.807, 2.05) is 31.2 Å². The average molecular weight is 499 g/mol. The molecule has 10 heteroatoms. The Bertz CT molecular complexity index is 923. The fourth-order valence-corrected chi connectivity index (χ4v) is 4.06. The third-order valence-electron chi connectivity index (χ3n) is 5.73. The maximum atomic E-state index is 10.9. The monoisotopic (exact) mass is 498 g/mol. The number of hydrogen-bond donors (Lipinski definition) is 6. The van der Waals surface area contributed by atoms with Gasteiger partial charge in [0.05, 0.1) is 26.4 Å². The number of halogens is 1. The van der Waals surface area contributed by atoms with Crippen molar-refractivity contribution in [2.24, 2.45) is 0 Å². The molecule has 0 saturated carbocycles. The van der Waals surface area contributed by atoms with Gasteiger partial charge in [0.1, 0.15) is 36.3 Å². The molecule has 34 heavy (non-hydrogen) atoms. The summed E-state index contributed by atoms with van der Waals surface area (Å²) in [5.41, 5.74) is 1.84. The highest BCUT2D eigenvalue weighted by atomic mass is 35.5. The highest BCUT2D eigenvalue weighted by Gasteiger charge is 2.55. The zero-order chi connectivity index (χ0) is 24.9. The molecule has 0 amide bonds. The molecular formula is C24H31ClO9. The van der Waals surface area contributed by atoms with E-state index in [0.717, 1.165) is 11.3 Å². The predicted molar refractivity (Wildman–Crippen MR) is 123 cm³/mol. The summed E-state index contributed by atoms with van der Waals surface area (Å²) in [6.07, 6.45) is -7.23. The molecule has 2 aromatic rings. The Morgan fingerprint density at radius 3 is 2.38 bits per heavy atom. The summed E-state index contributed by atoms with van der Waals surface area (Å²) in [4.78, 5) is 0. The van der Waals surface area contributed by atoms with Crippen LogP contribution < -0.4 is 4.74 Å². The van der Waals surface area contributed by atoms with Crippen molar-refractivity contribution in [1.29, 1.82) is 0 Å². The lowest BCUT2D eigenvalue weighted by atomic mass is 9.87. The fraction of sp³-hybridized carbons (Fsp3) is 0.500. The first-order chi connectivity index (χ1) is 16.2. The lowest BCUT2D eigenvalue weighted by Gasteiger charge is -2.48. The Labute approximate surface area is 202 Å². The van der Waals surface area contributed by atoms with Crippen molar-refractivity contribution in [2.45, 2.75) is 49.7 Å². The Morgan fingerprint density at radius 1 is 1.06 bits per heavy atom. The van der Waals surface area contributed by atoms with Crippen molar-refractivity contribution in [2.75, 3.05) is 26.4 Å². The quantitative estimate of drug-likeness (QED) is 0.272. The van der Waals surface area contributed by atoms with Gasteiger partial charge in [-0.05, 0) is 48.7 Å². The molecule has 0 aromatic heterocycles. The molecule has 6 atom stereocenters. The molecule has 3 rings (SSSR count). The molecule has 2 unspecified atom stereocenters. The van der Waals surface area contributed by atoms with E-state index in [0.29, 0.717) is 23.6 Å². The molecule has 1 aliphatic heterocycles. The highest BCUT2D eigenvalue weighted by molar-refractivity contribution is 6.31. The third-order valence-corrected chi connectivity index (χ3v) is 6.10. The Balaban J connectivity index is 1.99. The van der Waals surface area contributed by atoms with Crippen molar-refractivity contribution >= 4 is 11.6 Å². The van der Waals surface area contributed by atoms with Gasteiger partial charge in [-0.2, -0.15) is 0 Å². The Morgan fingerprint density at radius 2 is 1.76 bits per heavy atom. The van der Waals surface area contributed by atoms with Crippen LogP contribution in [0.5, 0.6) is 5.75 Å². The van der Waals surface area contributed by atoms with Crippen molar-refractivity contribution in [1.82, 2.24) is 0 Å². The van der Waals surface area contributed by atoms with Crippen LogP contribution in [0.2, 0.25) is 5.02 Å². The molecule has 6 N–H and O–H groups in total. The summed E-state index contributed by atoms with van der Waals surface area (Å²) in [5.74, 6) is -1.32. The minimum Gasteiger partial charge on any atom is -0.494 e. The first-order valence-corrected chi connectivity index (χ1v) is 11.4. The molecule has 2 aromatic carbocycles. The lowest BCUT2D eigenvalue weighted by Crippen LogP contribution is -2.64. The summed E-state index contributed by atoms with van der Waals surface area (Å²) in [6.45, 7) is 0.731. The van der Waals surface area contributed by atoms with Gasteiger partial charge in [-0.3, -0.25) is 0 Å². The second kappa shape index (κ2) is 11.8. The second-order valence-electron chi connectivity index (χ2n) is 8.14. The Hall–Kier alpha value is -1.79. The van der Waals surface area contributed by atoms with E-state index in [2.05, 4.69) is 0 Å². The fourth-order valence-electron chi connectivity index (χ4n) is 3.87. The van der Waals surface area contributed by atoms with Crippen molar-refractivity contribution in [3.63, 3.8) is 0 Å². The highest BCUT2D eigenvalue weighted by Crippen LogP contribution is 2.41. The first kappa shape index (κ1) is 26.8. The van der Waals surface area contributed by atoms with Crippen LogP contribution >= 0.6 is 11.6 Å². The molecule has 0 spiro atoms. The zero-order valence-corrected chi connectivity index (χ0v) is 19.5. The second-order valence-corrected chi connectivity index (χ2v) is 8.55. The number of benzene rings is 2. The molecule has 1 saturated heterocycles. The van der Waals surface area contributed by atoms with Gasteiger partial charge in [-0.25, -0.2) is 0 Å². The van der Waals surface area contributed by atoms with Crippen molar-refractivity contribution in [3.8, 4) is 5.75 Å². The average Bonchev–Trinajstić information content (AvgIpc) is 2.85. The number of aliphatic hydroxyl groups excluding tert-OH is 6. The van der Waals surface area contributed by atoms with E-state index in [1.54, 1.807) is 12.1 Å². The summed E-state index contributed by atoms with van der Waals surface area (Å²) in [6, 6.07) is 12.2. The maximum Gasteiger partial charge on any atom is 0.225 e. The van der Waals surface area contributed by atoms with Crippen LogP contribution in [0, 0.1) is 0 Å². The van der Waals surface area contributed by atoms with Crippen LogP contribution in [0.1, 0.15) is 23.6 Å². The number of rotatable bonds is 10. The van der Waals surface area contributed by atoms with Gasteiger partial charge in [-0.15, -0.1) is 0 Å². The van der Waals surface area contributed by atoms with Gasteiger partial charge in [0.2, 0.25) is 5.79 Å². The van der Waals surface area contributed by atoms with Crippen LogP contribution in [-0.2, 0) is 21.7 Å². The smallest absolute Gasteiger partial charge is 0.225 e. The van der Waals surface area contributed by atoms with Gasteiger partial charge < -0.3 is 44.8 Å². The van der Waals surface area contributed by atoms with E-state index < -0.39 is 56.1 Å². The standard InChI is InChI=1S/C24H31ClO9/c1-2-32-18-6-3-14(4-7-18)9-15-10-16(5-8-19(15)25)24(33-13-17(28)11-26)23(31)22(30)21(29)20(12-27)34-24/h3-8,10,17,20-23,26-31H,2,9,11-13H2,1H3/t17?,20-,21-,22+,23-,24?/m1/s1. The largest absolute Gasteiger partial charge is 0.494 e. The molecule has 188 valence electrons. The van der Waals surface area contributed by atoms with Gasteiger partial charge in [0.15, 0.2) is 0 Å². The molecule has 1 aliphatic rings. The van der Waals surface area contributed by atoms with Crippen LogP contribution in [-0.4, -0.2) is 87.6 Å².